The standard InChI is InChI=1S/C25H34N2O3/c1-5-25(26(3)4,19-20-7-13-23(14-8-20)30-6-2)24(28)21-9-11-22(12-10-21)27-15-17-29-18-16-27/h7-14H,5-6,15-19H2,1-4H3. The second kappa shape index (κ2) is 10.1. The zero-order valence-electron chi connectivity index (χ0n) is 18.7. The summed E-state index contributed by atoms with van der Waals surface area (Å²) in [6.45, 7) is 8.00. The number of hydrogen-bond donors (Lipinski definition) is 0. The number of carbonyl (C=O) groups is 1. The lowest BCUT2D eigenvalue weighted by molar-refractivity contribution is 0.0666. The summed E-state index contributed by atoms with van der Waals surface area (Å²) >= 11 is 0. The third-order valence-electron chi connectivity index (χ3n) is 6.10. The molecule has 162 valence electrons. The second-order valence-electron chi connectivity index (χ2n) is 8.01. The molecule has 5 nitrogen and oxygen atoms in total. The van der Waals surface area contributed by atoms with Crippen molar-refractivity contribution in [3.05, 3.63) is 59.7 Å². The summed E-state index contributed by atoms with van der Waals surface area (Å²) in [4.78, 5) is 18.1. The molecule has 5 heteroatoms. The highest BCUT2D eigenvalue weighted by Crippen LogP contribution is 2.29. The maximum absolute atomic E-state index is 13.7. The van der Waals surface area contributed by atoms with E-state index in [4.69, 9.17) is 9.47 Å². The van der Waals surface area contributed by atoms with Gasteiger partial charge in [-0.05, 0) is 75.8 Å². The molecule has 0 saturated carbocycles. The molecule has 1 aliphatic rings. The third-order valence-corrected chi connectivity index (χ3v) is 6.10. The third kappa shape index (κ3) is 4.85. The lowest BCUT2D eigenvalue weighted by atomic mass is 9.80. The van der Waals surface area contributed by atoms with Gasteiger partial charge in [-0.25, -0.2) is 0 Å². The average Bonchev–Trinajstić information content (AvgIpc) is 2.79. The first kappa shape index (κ1) is 22.3. The van der Waals surface area contributed by atoms with Crippen LogP contribution in [0.5, 0.6) is 5.75 Å². The molecule has 0 spiro atoms. The summed E-state index contributed by atoms with van der Waals surface area (Å²) in [5.41, 5.74) is 2.45. The number of nitrogens with zero attached hydrogens (tertiary/aromatic N) is 2. The van der Waals surface area contributed by atoms with Gasteiger partial charge in [0, 0.05) is 24.3 Å². The number of hydrogen-bond acceptors (Lipinski definition) is 5. The van der Waals surface area contributed by atoms with Crippen molar-refractivity contribution in [3.63, 3.8) is 0 Å². The Labute approximate surface area is 180 Å². The first-order valence-electron chi connectivity index (χ1n) is 10.9. The van der Waals surface area contributed by atoms with Crippen molar-refractivity contribution < 1.29 is 14.3 Å². The summed E-state index contributed by atoms with van der Waals surface area (Å²) < 4.78 is 11.0. The van der Waals surface area contributed by atoms with Crippen molar-refractivity contribution in [2.75, 3.05) is 51.9 Å². The van der Waals surface area contributed by atoms with Crippen LogP contribution in [0.2, 0.25) is 0 Å². The second-order valence-corrected chi connectivity index (χ2v) is 8.01. The van der Waals surface area contributed by atoms with Crippen molar-refractivity contribution in [3.8, 4) is 5.75 Å². The number of ether oxygens (including phenoxy) is 2. The van der Waals surface area contributed by atoms with E-state index >= 15 is 0 Å². The van der Waals surface area contributed by atoms with Crippen LogP contribution >= 0.6 is 0 Å². The highest BCUT2D eigenvalue weighted by molar-refractivity contribution is 6.03. The number of benzene rings is 2. The Morgan fingerprint density at radius 1 is 1.03 bits per heavy atom. The van der Waals surface area contributed by atoms with Crippen molar-refractivity contribution >= 4 is 11.5 Å². The van der Waals surface area contributed by atoms with Gasteiger partial charge in [0.15, 0.2) is 5.78 Å². The van der Waals surface area contributed by atoms with Gasteiger partial charge in [0.05, 0.1) is 25.4 Å². The van der Waals surface area contributed by atoms with Gasteiger partial charge in [-0.3, -0.25) is 9.69 Å². The van der Waals surface area contributed by atoms with Crippen molar-refractivity contribution in [2.24, 2.45) is 0 Å². The van der Waals surface area contributed by atoms with E-state index in [1.54, 1.807) is 0 Å². The molecular formula is C25H34N2O3. The maximum atomic E-state index is 13.7. The molecule has 2 aromatic carbocycles. The molecule has 3 rings (SSSR count). The number of likely N-dealkylation sites (N-methyl/N-ethyl adjacent to an activating group) is 1. The maximum Gasteiger partial charge on any atom is 0.183 e. The van der Waals surface area contributed by atoms with Crippen molar-refractivity contribution in [1.29, 1.82) is 0 Å². The molecule has 30 heavy (non-hydrogen) atoms. The Bertz CT molecular complexity index is 811. The quantitative estimate of drug-likeness (QED) is 0.583. The van der Waals surface area contributed by atoms with Crippen LogP contribution in [0.3, 0.4) is 0 Å². The molecule has 0 aromatic heterocycles. The molecule has 0 aliphatic carbocycles. The van der Waals surface area contributed by atoms with Crippen LogP contribution in [-0.4, -0.2) is 63.2 Å². The van der Waals surface area contributed by atoms with Crippen LogP contribution in [0.4, 0.5) is 5.69 Å². The minimum atomic E-state index is -0.590. The molecule has 1 atom stereocenters. The normalized spacial score (nSPS) is 16.4. The predicted octanol–water partition coefficient (Wildman–Crippen LogP) is 4.06. The highest BCUT2D eigenvalue weighted by atomic mass is 16.5. The fourth-order valence-corrected chi connectivity index (χ4v) is 4.16. The number of rotatable bonds is 9. The zero-order chi connectivity index (χ0) is 21.6. The van der Waals surface area contributed by atoms with Gasteiger partial charge in [-0.2, -0.15) is 0 Å². The first-order chi connectivity index (χ1) is 14.5. The number of anilines is 1. The fraction of sp³-hybridized carbons (Fsp3) is 0.480. The largest absolute Gasteiger partial charge is 0.494 e. The Kier molecular flexibility index (Phi) is 7.51. The van der Waals surface area contributed by atoms with Crippen LogP contribution < -0.4 is 9.64 Å². The molecule has 0 radical (unpaired) electrons. The van der Waals surface area contributed by atoms with E-state index in [9.17, 15) is 4.79 Å². The van der Waals surface area contributed by atoms with E-state index in [0.717, 1.165) is 55.3 Å². The molecule has 0 amide bonds. The van der Waals surface area contributed by atoms with Gasteiger partial charge >= 0.3 is 0 Å². The van der Waals surface area contributed by atoms with Gasteiger partial charge in [0.25, 0.3) is 0 Å². The minimum Gasteiger partial charge on any atom is -0.494 e. The van der Waals surface area contributed by atoms with Gasteiger partial charge in [0.1, 0.15) is 5.75 Å². The van der Waals surface area contributed by atoms with Crippen molar-refractivity contribution in [2.45, 2.75) is 32.2 Å². The molecule has 2 aromatic rings. The van der Waals surface area contributed by atoms with Crippen LogP contribution in [0.1, 0.15) is 36.2 Å². The zero-order valence-corrected chi connectivity index (χ0v) is 18.7. The molecular weight excluding hydrogens is 376 g/mol. The number of morpholine rings is 1. The Hall–Kier alpha value is -2.37. The van der Waals surface area contributed by atoms with E-state index in [1.165, 1.54) is 0 Å². The summed E-state index contributed by atoms with van der Waals surface area (Å²) in [7, 11) is 4.00. The summed E-state index contributed by atoms with van der Waals surface area (Å²) in [5.74, 6) is 1.02. The lowest BCUT2D eigenvalue weighted by Crippen LogP contribution is -2.52. The van der Waals surface area contributed by atoms with Crippen LogP contribution in [-0.2, 0) is 11.2 Å². The minimum absolute atomic E-state index is 0.164. The molecule has 1 saturated heterocycles. The Balaban J connectivity index is 1.82. The fourth-order valence-electron chi connectivity index (χ4n) is 4.16. The van der Waals surface area contributed by atoms with E-state index in [0.29, 0.717) is 13.0 Å². The topological polar surface area (TPSA) is 42.0 Å². The molecule has 1 heterocycles. The molecule has 1 aliphatic heterocycles. The summed E-state index contributed by atoms with van der Waals surface area (Å²) in [6.07, 6.45) is 1.39. The van der Waals surface area contributed by atoms with Crippen LogP contribution in [0, 0.1) is 0 Å². The number of carbonyl (C=O) groups excluding carboxylic acids is 1. The van der Waals surface area contributed by atoms with Crippen LogP contribution in [0.25, 0.3) is 0 Å². The average molecular weight is 411 g/mol. The lowest BCUT2D eigenvalue weighted by Gasteiger charge is -2.38. The van der Waals surface area contributed by atoms with Gasteiger partial charge in [0.2, 0.25) is 0 Å². The summed E-state index contributed by atoms with van der Waals surface area (Å²) in [5, 5.41) is 0. The van der Waals surface area contributed by atoms with E-state index in [-0.39, 0.29) is 5.78 Å². The first-order valence-corrected chi connectivity index (χ1v) is 10.9. The smallest absolute Gasteiger partial charge is 0.183 e. The molecule has 1 unspecified atom stereocenters. The van der Waals surface area contributed by atoms with E-state index in [1.807, 2.05) is 45.3 Å². The van der Waals surface area contributed by atoms with Crippen molar-refractivity contribution in [1.82, 2.24) is 4.90 Å². The van der Waals surface area contributed by atoms with Crippen LogP contribution in [0.15, 0.2) is 48.5 Å². The van der Waals surface area contributed by atoms with Gasteiger partial charge in [-0.1, -0.05) is 19.1 Å². The van der Waals surface area contributed by atoms with Gasteiger partial charge in [-0.15, -0.1) is 0 Å². The molecule has 1 fully saturated rings. The number of Topliss-reactive ketones (excluding diaryl/α,β-unsaturated/α-hetero) is 1. The Morgan fingerprint density at radius 2 is 1.67 bits per heavy atom. The molecule has 0 bridgehead atoms. The SMILES string of the molecule is CCOc1ccc(CC(CC)(C(=O)c2ccc(N3CCOCC3)cc2)N(C)C)cc1. The van der Waals surface area contributed by atoms with E-state index in [2.05, 4.69) is 41.0 Å². The van der Waals surface area contributed by atoms with E-state index < -0.39 is 5.54 Å². The molecule has 0 N–H and O–H groups in total. The Morgan fingerprint density at radius 3 is 2.20 bits per heavy atom. The monoisotopic (exact) mass is 410 g/mol. The number of ketones is 1. The van der Waals surface area contributed by atoms with Gasteiger partial charge < -0.3 is 14.4 Å². The highest BCUT2D eigenvalue weighted by Gasteiger charge is 2.39. The summed E-state index contributed by atoms with van der Waals surface area (Å²) in [6, 6.07) is 16.2. The predicted molar refractivity (Wildman–Crippen MR) is 122 cm³/mol.